The molecule has 0 heterocycles. The van der Waals surface area contributed by atoms with E-state index < -0.39 is 6.04 Å². The zero-order valence-electron chi connectivity index (χ0n) is 17.8. The van der Waals surface area contributed by atoms with Crippen LogP contribution >= 0.6 is 11.8 Å². The van der Waals surface area contributed by atoms with Crippen LogP contribution in [0.25, 0.3) is 0 Å². The van der Waals surface area contributed by atoms with Gasteiger partial charge >= 0.3 is 0 Å². The zero-order chi connectivity index (χ0) is 20.8. The summed E-state index contributed by atoms with van der Waals surface area (Å²) >= 11 is 1.66. The second-order valence-corrected chi connectivity index (χ2v) is 8.38. The number of unbranched alkanes of at least 4 members (excludes halogenated alkanes) is 3. The van der Waals surface area contributed by atoms with E-state index in [0.29, 0.717) is 24.3 Å². The summed E-state index contributed by atoms with van der Waals surface area (Å²) < 4.78 is 5.25. The first-order valence-corrected chi connectivity index (χ1v) is 11.6. The molecule has 0 fully saturated rings. The molecule has 1 aromatic carbocycles. The van der Waals surface area contributed by atoms with Crippen molar-refractivity contribution in [2.24, 2.45) is 5.92 Å². The molecule has 28 heavy (non-hydrogen) atoms. The van der Waals surface area contributed by atoms with Crippen LogP contribution in [0.4, 0.5) is 0 Å². The molecule has 1 atom stereocenters. The van der Waals surface area contributed by atoms with Gasteiger partial charge in [-0.1, -0.05) is 51.7 Å². The Balaban J connectivity index is 2.50. The molecular formula is C22H36N2O3S. The molecule has 0 aliphatic carbocycles. The minimum absolute atomic E-state index is 0.112. The van der Waals surface area contributed by atoms with Crippen molar-refractivity contribution < 1.29 is 14.3 Å². The van der Waals surface area contributed by atoms with Gasteiger partial charge in [0.2, 0.25) is 5.91 Å². The lowest BCUT2D eigenvalue weighted by Gasteiger charge is -2.19. The van der Waals surface area contributed by atoms with Crippen LogP contribution in [0, 0.1) is 5.92 Å². The van der Waals surface area contributed by atoms with Crippen molar-refractivity contribution in [3.8, 4) is 5.75 Å². The van der Waals surface area contributed by atoms with E-state index in [4.69, 9.17) is 4.74 Å². The van der Waals surface area contributed by atoms with Crippen molar-refractivity contribution >= 4 is 23.6 Å². The van der Waals surface area contributed by atoms with Crippen molar-refractivity contribution in [3.05, 3.63) is 29.8 Å². The van der Waals surface area contributed by atoms with E-state index >= 15 is 0 Å². The van der Waals surface area contributed by atoms with E-state index in [1.807, 2.05) is 12.3 Å². The fourth-order valence-electron chi connectivity index (χ4n) is 2.94. The molecule has 0 saturated carbocycles. The van der Waals surface area contributed by atoms with Gasteiger partial charge in [0.15, 0.2) is 0 Å². The summed E-state index contributed by atoms with van der Waals surface area (Å²) in [5, 5.41) is 5.85. The number of para-hydroxylation sites is 1. The standard InChI is InChI=1S/C22H36N2O3S/c1-17(2)11-7-5-6-10-15-23-22(26)19(14-16-28-4)24-21(25)18-12-8-9-13-20(18)27-3/h8-9,12-13,17,19H,5-7,10-11,14-16H2,1-4H3,(H,23,26)(H,24,25). The molecule has 2 N–H and O–H groups in total. The second-order valence-electron chi connectivity index (χ2n) is 7.40. The van der Waals surface area contributed by atoms with Crippen molar-refractivity contribution in [1.29, 1.82) is 0 Å². The Morgan fingerprint density at radius 1 is 1.07 bits per heavy atom. The molecule has 158 valence electrons. The fraction of sp³-hybridized carbons (Fsp3) is 0.636. The number of hydrogen-bond acceptors (Lipinski definition) is 4. The Kier molecular flexibility index (Phi) is 12.5. The normalized spacial score (nSPS) is 11.9. The molecule has 0 bridgehead atoms. The second kappa shape index (κ2) is 14.3. The SMILES string of the molecule is COc1ccccc1C(=O)NC(CCSC)C(=O)NCCCCCCC(C)C. The lowest BCUT2D eigenvalue weighted by molar-refractivity contribution is -0.123. The minimum atomic E-state index is -0.536. The minimum Gasteiger partial charge on any atom is -0.496 e. The van der Waals surface area contributed by atoms with Crippen molar-refractivity contribution in [3.63, 3.8) is 0 Å². The number of amides is 2. The largest absolute Gasteiger partial charge is 0.496 e. The van der Waals surface area contributed by atoms with E-state index in [1.54, 1.807) is 30.0 Å². The Labute approximate surface area is 174 Å². The summed E-state index contributed by atoms with van der Waals surface area (Å²) in [5.41, 5.74) is 0.442. The molecule has 5 nitrogen and oxygen atoms in total. The smallest absolute Gasteiger partial charge is 0.255 e. The third kappa shape index (κ3) is 9.49. The summed E-state index contributed by atoms with van der Waals surface area (Å²) in [4.78, 5) is 25.2. The molecule has 0 spiro atoms. The van der Waals surface area contributed by atoms with Gasteiger partial charge in [0.25, 0.3) is 5.91 Å². The maximum atomic E-state index is 12.6. The van der Waals surface area contributed by atoms with Crippen LogP contribution in [0.15, 0.2) is 24.3 Å². The maximum absolute atomic E-state index is 12.6. The highest BCUT2D eigenvalue weighted by Gasteiger charge is 2.22. The van der Waals surface area contributed by atoms with Gasteiger partial charge in [0.1, 0.15) is 11.8 Å². The van der Waals surface area contributed by atoms with Gasteiger partial charge in [-0.3, -0.25) is 9.59 Å². The summed E-state index contributed by atoms with van der Waals surface area (Å²) in [6.45, 7) is 5.14. The van der Waals surface area contributed by atoms with Gasteiger partial charge in [-0.15, -0.1) is 0 Å². The van der Waals surface area contributed by atoms with Crippen LogP contribution in [-0.2, 0) is 4.79 Å². The first-order chi connectivity index (χ1) is 13.5. The van der Waals surface area contributed by atoms with E-state index in [1.165, 1.54) is 26.4 Å². The van der Waals surface area contributed by atoms with Crippen molar-refractivity contribution in [2.75, 3.05) is 25.7 Å². The monoisotopic (exact) mass is 408 g/mol. The molecule has 2 amide bonds. The molecule has 0 aliphatic rings. The predicted octanol–water partition coefficient (Wildman–Crippen LogP) is 4.27. The first-order valence-electron chi connectivity index (χ1n) is 10.2. The van der Waals surface area contributed by atoms with Crippen LogP contribution in [-0.4, -0.2) is 43.5 Å². The summed E-state index contributed by atoms with van der Waals surface area (Å²) in [5.74, 6) is 1.67. The lowest BCUT2D eigenvalue weighted by Crippen LogP contribution is -2.47. The summed E-state index contributed by atoms with van der Waals surface area (Å²) in [6.07, 6.45) is 8.40. The number of benzene rings is 1. The van der Waals surface area contributed by atoms with Gasteiger partial charge in [-0.05, 0) is 42.9 Å². The molecule has 1 aromatic rings. The van der Waals surface area contributed by atoms with Crippen LogP contribution in [0.5, 0.6) is 5.75 Å². The highest BCUT2D eigenvalue weighted by molar-refractivity contribution is 7.98. The Morgan fingerprint density at radius 2 is 1.79 bits per heavy atom. The number of rotatable bonds is 14. The highest BCUT2D eigenvalue weighted by atomic mass is 32.2. The van der Waals surface area contributed by atoms with Crippen LogP contribution in [0.2, 0.25) is 0 Å². The van der Waals surface area contributed by atoms with Crippen molar-refractivity contribution in [2.45, 2.75) is 58.4 Å². The summed E-state index contributed by atoms with van der Waals surface area (Å²) in [7, 11) is 1.53. The maximum Gasteiger partial charge on any atom is 0.255 e. The van der Waals surface area contributed by atoms with Gasteiger partial charge in [0.05, 0.1) is 12.7 Å². The molecule has 6 heteroatoms. The van der Waals surface area contributed by atoms with E-state index in [-0.39, 0.29) is 11.8 Å². The molecular weight excluding hydrogens is 372 g/mol. The van der Waals surface area contributed by atoms with E-state index in [0.717, 1.165) is 24.5 Å². The Morgan fingerprint density at radius 3 is 2.46 bits per heavy atom. The van der Waals surface area contributed by atoms with E-state index in [9.17, 15) is 9.59 Å². The zero-order valence-corrected chi connectivity index (χ0v) is 18.6. The number of carbonyl (C=O) groups is 2. The van der Waals surface area contributed by atoms with Crippen LogP contribution < -0.4 is 15.4 Å². The van der Waals surface area contributed by atoms with Gasteiger partial charge < -0.3 is 15.4 Å². The molecule has 0 aliphatic heterocycles. The molecule has 0 saturated heterocycles. The van der Waals surface area contributed by atoms with Crippen LogP contribution in [0.1, 0.15) is 62.7 Å². The van der Waals surface area contributed by atoms with E-state index in [2.05, 4.69) is 24.5 Å². The predicted molar refractivity (Wildman–Crippen MR) is 118 cm³/mol. The third-order valence-electron chi connectivity index (χ3n) is 4.59. The van der Waals surface area contributed by atoms with Crippen LogP contribution in [0.3, 0.4) is 0 Å². The molecule has 0 aromatic heterocycles. The van der Waals surface area contributed by atoms with Crippen molar-refractivity contribution in [1.82, 2.24) is 10.6 Å². The molecule has 1 rings (SSSR count). The number of thioether (sulfide) groups is 1. The number of carbonyl (C=O) groups excluding carboxylic acids is 2. The quantitative estimate of drug-likeness (QED) is 0.451. The third-order valence-corrected chi connectivity index (χ3v) is 5.24. The van der Waals surface area contributed by atoms with Gasteiger partial charge in [0, 0.05) is 6.54 Å². The fourth-order valence-corrected chi connectivity index (χ4v) is 3.41. The average Bonchev–Trinajstić information content (AvgIpc) is 2.69. The average molecular weight is 409 g/mol. The number of methoxy groups -OCH3 is 1. The molecule has 0 radical (unpaired) electrons. The topological polar surface area (TPSA) is 67.4 Å². The number of nitrogens with one attached hydrogen (secondary N) is 2. The van der Waals surface area contributed by atoms with Gasteiger partial charge in [-0.2, -0.15) is 11.8 Å². The summed E-state index contributed by atoms with van der Waals surface area (Å²) in [6, 6.07) is 6.51. The first kappa shape index (κ1) is 24.3. The Hall–Kier alpha value is -1.69. The number of hydrogen-bond donors (Lipinski definition) is 2. The van der Waals surface area contributed by atoms with Gasteiger partial charge in [-0.25, -0.2) is 0 Å². The lowest BCUT2D eigenvalue weighted by atomic mass is 10.0. The molecule has 1 unspecified atom stereocenters. The Bertz CT molecular complexity index is 593. The highest BCUT2D eigenvalue weighted by Crippen LogP contribution is 2.17. The number of ether oxygens (including phenoxy) is 1.